The first kappa shape index (κ1) is 24.8. The molecule has 4 rings (SSSR count). The summed E-state index contributed by atoms with van der Waals surface area (Å²) < 4.78 is 59.1. The summed E-state index contributed by atoms with van der Waals surface area (Å²) in [7, 11) is -6.88. The number of hydrogen-bond donors (Lipinski definition) is 1. The van der Waals surface area contributed by atoms with Gasteiger partial charge in [0.2, 0.25) is 0 Å². The van der Waals surface area contributed by atoms with Crippen molar-refractivity contribution in [2.24, 2.45) is 0 Å². The van der Waals surface area contributed by atoms with E-state index in [9.17, 15) is 16.8 Å². The smallest absolute Gasteiger partial charge is 0.327 e. The maximum Gasteiger partial charge on any atom is 0.327 e. The van der Waals surface area contributed by atoms with Crippen LogP contribution < -0.4 is 13.8 Å². The van der Waals surface area contributed by atoms with Gasteiger partial charge < -0.3 is 4.74 Å². The predicted molar refractivity (Wildman–Crippen MR) is 138 cm³/mol. The molecule has 1 aliphatic rings. The molecule has 0 atom stereocenters. The third-order valence-electron chi connectivity index (χ3n) is 5.58. The number of unbranched alkanes of at least 4 members (excludes halogenated alkanes) is 1. The SMILES string of the molecule is O=S(=O)(CCCCc1ccc(N2C=CNS2(=O)=O)c(OCc2ccccc2)c1)Cc1ccccc1. The van der Waals surface area contributed by atoms with Crippen molar-refractivity contribution in [3.8, 4) is 5.75 Å². The molecule has 0 spiro atoms. The molecule has 1 aliphatic heterocycles. The number of benzene rings is 3. The van der Waals surface area contributed by atoms with Crippen LogP contribution in [0.3, 0.4) is 0 Å². The van der Waals surface area contributed by atoms with Gasteiger partial charge in [-0.2, -0.15) is 8.42 Å². The van der Waals surface area contributed by atoms with Gasteiger partial charge in [-0.1, -0.05) is 66.7 Å². The minimum Gasteiger partial charge on any atom is -0.487 e. The lowest BCUT2D eigenvalue weighted by Gasteiger charge is -2.20. The quantitative estimate of drug-likeness (QED) is 0.386. The Morgan fingerprint density at radius 1 is 0.829 bits per heavy atom. The molecule has 0 saturated heterocycles. The van der Waals surface area contributed by atoms with Gasteiger partial charge in [-0.25, -0.2) is 12.7 Å². The van der Waals surface area contributed by atoms with Crippen LogP contribution in [0.2, 0.25) is 0 Å². The van der Waals surface area contributed by atoms with Gasteiger partial charge in [0.25, 0.3) is 0 Å². The van der Waals surface area contributed by atoms with Gasteiger partial charge in [0.1, 0.15) is 18.0 Å². The molecule has 0 fully saturated rings. The molecule has 0 bridgehead atoms. The van der Waals surface area contributed by atoms with E-state index in [1.807, 2.05) is 72.8 Å². The number of nitrogens with zero attached hydrogens (tertiary/aromatic N) is 1. The average Bonchev–Trinajstić information content (AvgIpc) is 3.20. The maximum absolute atomic E-state index is 12.4. The van der Waals surface area contributed by atoms with Gasteiger partial charge in [0.15, 0.2) is 9.84 Å². The standard InChI is InChI=1S/C26H28N2O5S2/c29-34(30,21-24-12-5-2-6-13-24)18-8-7-9-22-14-15-25(28-17-16-27-35(28,31)32)26(19-22)33-20-23-10-3-1-4-11-23/h1-6,10-17,19,27H,7-9,18,20-21H2. The van der Waals surface area contributed by atoms with Gasteiger partial charge in [0.05, 0.1) is 11.5 Å². The van der Waals surface area contributed by atoms with Crippen molar-refractivity contribution in [1.82, 2.24) is 4.72 Å². The molecule has 0 saturated carbocycles. The van der Waals surface area contributed by atoms with Crippen LogP contribution in [0.15, 0.2) is 91.3 Å². The maximum atomic E-state index is 12.4. The minimum absolute atomic E-state index is 0.0475. The lowest BCUT2D eigenvalue weighted by atomic mass is 10.1. The Labute approximate surface area is 207 Å². The van der Waals surface area contributed by atoms with Crippen molar-refractivity contribution >= 4 is 25.7 Å². The van der Waals surface area contributed by atoms with Gasteiger partial charge in [-0.05, 0) is 48.1 Å². The van der Waals surface area contributed by atoms with Crippen molar-refractivity contribution in [1.29, 1.82) is 0 Å². The predicted octanol–water partition coefficient (Wildman–Crippen LogP) is 4.33. The first-order valence-electron chi connectivity index (χ1n) is 11.3. The van der Waals surface area contributed by atoms with Crippen LogP contribution in [0.4, 0.5) is 5.69 Å². The number of ether oxygens (including phenoxy) is 1. The fourth-order valence-electron chi connectivity index (χ4n) is 3.83. The summed E-state index contributed by atoms with van der Waals surface area (Å²) in [4.78, 5) is 0. The second kappa shape index (κ2) is 11.0. The molecule has 0 unspecified atom stereocenters. The molecule has 35 heavy (non-hydrogen) atoms. The highest BCUT2D eigenvalue weighted by Gasteiger charge is 2.26. The topological polar surface area (TPSA) is 92.8 Å². The van der Waals surface area contributed by atoms with E-state index in [0.29, 0.717) is 37.3 Å². The zero-order chi connectivity index (χ0) is 24.7. The summed E-state index contributed by atoms with van der Waals surface area (Å²) in [6, 6.07) is 24.2. The van der Waals surface area contributed by atoms with E-state index >= 15 is 0 Å². The first-order valence-corrected chi connectivity index (χ1v) is 14.6. The first-order chi connectivity index (χ1) is 16.8. The van der Waals surface area contributed by atoms with Crippen molar-refractivity contribution in [3.05, 3.63) is 108 Å². The van der Waals surface area contributed by atoms with Crippen LogP contribution in [0.5, 0.6) is 5.75 Å². The zero-order valence-corrected chi connectivity index (χ0v) is 20.8. The zero-order valence-electron chi connectivity index (χ0n) is 19.2. The molecular formula is C26H28N2O5S2. The summed E-state index contributed by atoms with van der Waals surface area (Å²) >= 11 is 0. The van der Waals surface area contributed by atoms with Crippen molar-refractivity contribution in [2.45, 2.75) is 31.6 Å². The average molecular weight is 513 g/mol. The minimum atomic E-state index is -3.70. The van der Waals surface area contributed by atoms with E-state index in [1.54, 1.807) is 6.07 Å². The summed E-state index contributed by atoms with van der Waals surface area (Å²) in [6.07, 6.45) is 4.69. The Bertz CT molecular complexity index is 1370. The van der Waals surface area contributed by atoms with Crippen molar-refractivity contribution in [3.63, 3.8) is 0 Å². The molecule has 0 radical (unpaired) electrons. The van der Waals surface area contributed by atoms with Crippen molar-refractivity contribution in [2.75, 3.05) is 10.1 Å². The number of aryl methyl sites for hydroxylation is 1. The van der Waals surface area contributed by atoms with E-state index < -0.39 is 20.0 Å². The highest BCUT2D eigenvalue weighted by molar-refractivity contribution is 7.91. The largest absolute Gasteiger partial charge is 0.487 e. The highest BCUT2D eigenvalue weighted by atomic mass is 32.2. The Balaban J connectivity index is 1.41. The molecule has 0 amide bonds. The van der Waals surface area contributed by atoms with E-state index in [2.05, 4.69) is 4.72 Å². The Hall–Kier alpha value is -3.30. The molecule has 3 aromatic rings. The summed E-state index contributed by atoms with van der Waals surface area (Å²) in [5, 5.41) is 0. The molecule has 0 aromatic heterocycles. The molecular weight excluding hydrogens is 484 g/mol. The second-order valence-electron chi connectivity index (χ2n) is 8.35. The third kappa shape index (κ3) is 6.86. The molecule has 1 heterocycles. The fourth-order valence-corrected chi connectivity index (χ4v) is 6.30. The van der Waals surface area contributed by atoms with Crippen LogP contribution in [-0.2, 0) is 38.8 Å². The Morgan fingerprint density at radius 3 is 2.17 bits per heavy atom. The summed E-state index contributed by atoms with van der Waals surface area (Å²) in [6.45, 7) is 0.292. The fraction of sp³-hybridized carbons (Fsp3) is 0.231. The monoisotopic (exact) mass is 512 g/mol. The highest BCUT2D eigenvalue weighted by Crippen LogP contribution is 2.34. The van der Waals surface area contributed by atoms with Gasteiger partial charge in [-0.3, -0.25) is 4.72 Å². The molecule has 3 aromatic carbocycles. The number of hydrogen-bond acceptors (Lipinski definition) is 5. The normalized spacial score (nSPS) is 14.6. The van der Waals surface area contributed by atoms with Gasteiger partial charge >= 0.3 is 10.2 Å². The van der Waals surface area contributed by atoms with E-state index in [0.717, 1.165) is 21.0 Å². The lowest BCUT2D eigenvalue weighted by Crippen LogP contribution is -2.29. The third-order valence-corrected chi connectivity index (χ3v) is 8.54. The lowest BCUT2D eigenvalue weighted by molar-refractivity contribution is 0.307. The molecule has 9 heteroatoms. The summed E-state index contributed by atoms with van der Waals surface area (Å²) in [5.74, 6) is 0.617. The van der Waals surface area contributed by atoms with Crippen LogP contribution in [0, 0.1) is 0 Å². The van der Waals surface area contributed by atoms with E-state index in [1.165, 1.54) is 12.4 Å². The van der Waals surface area contributed by atoms with Crippen LogP contribution in [0.1, 0.15) is 29.5 Å². The van der Waals surface area contributed by atoms with Crippen LogP contribution in [0.25, 0.3) is 0 Å². The number of anilines is 1. The molecule has 7 nitrogen and oxygen atoms in total. The van der Waals surface area contributed by atoms with Gasteiger partial charge in [0, 0.05) is 12.4 Å². The number of rotatable bonds is 11. The van der Waals surface area contributed by atoms with Crippen LogP contribution >= 0.6 is 0 Å². The molecule has 1 N–H and O–H groups in total. The van der Waals surface area contributed by atoms with Crippen LogP contribution in [-0.4, -0.2) is 22.6 Å². The van der Waals surface area contributed by atoms with E-state index in [4.69, 9.17) is 4.74 Å². The summed E-state index contributed by atoms with van der Waals surface area (Å²) in [5.41, 5.74) is 3.12. The van der Waals surface area contributed by atoms with Gasteiger partial charge in [-0.15, -0.1) is 0 Å². The molecule has 0 aliphatic carbocycles. The van der Waals surface area contributed by atoms with E-state index in [-0.39, 0.29) is 11.5 Å². The number of nitrogens with one attached hydrogen (secondary N) is 1. The van der Waals surface area contributed by atoms with Crippen molar-refractivity contribution < 1.29 is 21.6 Å². The number of sulfone groups is 1. The molecule has 184 valence electrons. The Morgan fingerprint density at radius 2 is 1.51 bits per heavy atom. The Kier molecular flexibility index (Phi) is 7.77. The second-order valence-corrected chi connectivity index (χ2v) is 12.1.